The quantitative estimate of drug-likeness (QED) is 0.371. The molecule has 5 heteroatoms. The molecule has 1 aromatic heterocycles. The molecule has 0 aliphatic carbocycles. The molecule has 100 valence electrons. The average molecular weight is 250 g/mol. The van der Waals surface area contributed by atoms with Gasteiger partial charge in [0.25, 0.3) is 0 Å². The van der Waals surface area contributed by atoms with E-state index < -0.39 is 0 Å². The Kier molecular flexibility index (Phi) is 4.53. The predicted molar refractivity (Wildman–Crippen MR) is 74.2 cm³/mol. The second-order valence-electron chi connectivity index (χ2n) is 4.91. The first kappa shape index (κ1) is 14.3. The lowest BCUT2D eigenvalue weighted by molar-refractivity contribution is 0.318. The predicted octanol–water partition coefficient (Wildman–Crippen LogP) is 1.97. The number of hydrogen-bond acceptors (Lipinski definition) is 4. The lowest BCUT2D eigenvalue weighted by Gasteiger charge is -2.30. The van der Waals surface area contributed by atoms with Crippen LogP contribution in [0.5, 0.6) is 0 Å². The van der Waals surface area contributed by atoms with E-state index in [-0.39, 0.29) is 5.84 Å². The van der Waals surface area contributed by atoms with Crippen LogP contribution >= 0.6 is 0 Å². The molecule has 0 amide bonds. The summed E-state index contributed by atoms with van der Waals surface area (Å²) in [5, 5.41) is 12.0. The Hall–Kier alpha value is -1.78. The molecule has 0 saturated heterocycles. The highest BCUT2D eigenvalue weighted by Crippen LogP contribution is 2.23. The molecular weight excluding hydrogens is 228 g/mol. The zero-order valence-corrected chi connectivity index (χ0v) is 11.7. The lowest BCUT2D eigenvalue weighted by atomic mass is 10.0. The Balaban J connectivity index is 3.28. The molecule has 3 N–H and O–H groups in total. The summed E-state index contributed by atoms with van der Waals surface area (Å²) >= 11 is 0. The van der Waals surface area contributed by atoms with Crippen LogP contribution in [0.4, 0.5) is 5.82 Å². The van der Waals surface area contributed by atoms with Crippen molar-refractivity contribution in [1.82, 2.24) is 4.98 Å². The zero-order valence-electron chi connectivity index (χ0n) is 11.7. The molecule has 0 aliphatic heterocycles. The highest BCUT2D eigenvalue weighted by molar-refractivity contribution is 6.02. The van der Waals surface area contributed by atoms with Gasteiger partial charge in [-0.2, -0.15) is 0 Å². The molecule has 0 saturated carbocycles. The molecule has 1 unspecified atom stereocenters. The third kappa shape index (κ3) is 2.72. The van der Waals surface area contributed by atoms with Crippen LogP contribution in [0.25, 0.3) is 0 Å². The molecule has 1 aromatic rings. The van der Waals surface area contributed by atoms with Crippen LogP contribution in [0.2, 0.25) is 0 Å². The van der Waals surface area contributed by atoms with Crippen LogP contribution in [-0.2, 0) is 0 Å². The van der Waals surface area contributed by atoms with Gasteiger partial charge in [-0.05, 0) is 31.4 Å². The van der Waals surface area contributed by atoms with Crippen molar-refractivity contribution in [2.24, 2.45) is 16.8 Å². The fourth-order valence-electron chi connectivity index (χ4n) is 1.82. The van der Waals surface area contributed by atoms with Gasteiger partial charge >= 0.3 is 0 Å². The standard InChI is InChI=1S/C13H22N4O/c1-8(2)10(4)17(5)13-11(12(14)16-18)9(3)6-7-15-13/h6-8,10,18H,1-5H3,(H2,14,16). The first-order chi connectivity index (χ1) is 8.40. The fourth-order valence-corrected chi connectivity index (χ4v) is 1.82. The number of pyridine rings is 1. The Morgan fingerprint density at radius 2 is 2.06 bits per heavy atom. The number of nitrogens with zero attached hydrogens (tertiary/aromatic N) is 3. The van der Waals surface area contributed by atoms with Gasteiger partial charge in [0, 0.05) is 19.3 Å². The molecule has 1 rings (SSSR count). The summed E-state index contributed by atoms with van der Waals surface area (Å²) in [6, 6.07) is 2.16. The van der Waals surface area contributed by atoms with Crippen molar-refractivity contribution in [3.63, 3.8) is 0 Å². The Labute approximate surface area is 108 Å². The van der Waals surface area contributed by atoms with Crippen molar-refractivity contribution in [2.45, 2.75) is 33.7 Å². The zero-order chi connectivity index (χ0) is 13.9. The molecule has 0 radical (unpaired) electrons. The van der Waals surface area contributed by atoms with Gasteiger partial charge in [0.2, 0.25) is 0 Å². The summed E-state index contributed by atoms with van der Waals surface area (Å²) in [7, 11) is 1.97. The molecule has 0 aliphatic rings. The summed E-state index contributed by atoms with van der Waals surface area (Å²) in [5.74, 6) is 1.32. The number of nitrogens with two attached hydrogens (primary N) is 1. The highest BCUT2D eigenvalue weighted by Gasteiger charge is 2.20. The summed E-state index contributed by atoms with van der Waals surface area (Å²) in [6.45, 7) is 8.36. The van der Waals surface area contributed by atoms with Gasteiger partial charge in [0.05, 0.1) is 5.56 Å². The van der Waals surface area contributed by atoms with Gasteiger partial charge in [-0.15, -0.1) is 0 Å². The first-order valence-electron chi connectivity index (χ1n) is 6.06. The van der Waals surface area contributed by atoms with E-state index in [1.807, 2.05) is 20.0 Å². The smallest absolute Gasteiger partial charge is 0.174 e. The van der Waals surface area contributed by atoms with Gasteiger partial charge in [-0.25, -0.2) is 4.98 Å². The molecule has 0 fully saturated rings. The maximum Gasteiger partial charge on any atom is 0.174 e. The average Bonchev–Trinajstić information content (AvgIpc) is 2.35. The number of rotatable bonds is 4. The second-order valence-corrected chi connectivity index (χ2v) is 4.91. The third-order valence-corrected chi connectivity index (χ3v) is 3.41. The van der Waals surface area contributed by atoms with Gasteiger partial charge < -0.3 is 15.8 Å². The summed E-state index contributed by atoms with van der Waals surface area (Å²) in [5.41, 5.74) is 7.38. The number of aryl methyl sites for hydroxylation is 1. The van der Waals surface area contributed by atoms with Crippen molar-refractivity contribution in [2.75, 3.05) is 11.9 Å². The molecule has 1 atom stereocenters. The molecule has 1 heterocycles. The van der Waals surface area contributed by atoms with E-state index in [0.29, 0.717) is 17.5 Å². The highest BCUT2D eigenvalue weighted by atomic mass is 16.4. The van der Waals surface area contributed by atoms with Crippen LogP contribution < -0.4 is 10.6 Å². The maximum atomic E-state index is 8.88. The molecule has 0 spiro atoms. The Morgan fingerprint density at radius 3 is 2.56 bits per heavy atom. The molecular formula is C13H22N4O. The van der Waals surface area contributed by atoms with Gasteiger partial charge in [-0.1, -0.05) is 19.0 Å². The monoisotopic (exact) mass is 250 g/mol. The van der Waals surface area contributed by atoms with Gasteiger partial charge in [-0.3, -0.25) is 0 Å². The molecule has 0 aromatic carbocycles. The van der Waals surface area contributed by atoms with Crippen LogP contribution in [0.1, 0.15) is 31.9 Å². The molecule has 0 bridgehead atoms. The number of amidine groups is 1. The lowest BCUT2D eigenvalue weighted by Crippen LogP contribution is -2.35. The van der Waals surface area contributed by atoms with Crippen molar-refractivity contribution < 1.29 is 5.21 Å². The van der Waals surface area contributed by atoms with Gasteiger partial charge in [0.1, 0.15) is 5.82 Å². The summed E-state index contributed by atoms with van der Waals surface area (Å²) in [6.07, 6.45) is 1.74. The van der Waals surface area contributed by atoms with E-state index in [1.165, 1.54) is 0 Å². The Bertz CT molecular complexity index is 443. The fraction of sp³-hybridized carbons (Fsp3) is 0.538. The normalized spacial score (nSPS) is 13.8. The van der Waals surface area contributed by atoms with Crippen molar-refractivity contribution >= 4 is 11.7 Å². The molecule has 5 nitrogen and oxygen atoms in total. The van der Waals surface area contributed by atoms with E-state index in [1.54, 1.807) is 6.20 Å². The van der Waals surface area contributed by atoms with E-state index in [9.17, 15) is 0 Å². The number of anilines is 1. The minimum absolute atomic E-state index is 0.0957. The van der Waals surface area contributed by atoms with Crippen molar-refractivity contribution in [1.29, 1.82) is 0 Å². The van der Waals surface area contributed by atoms with Gasteiger partial charge in [0.15, 0.2) is 5.84 Å². The van der Waals surface area contributed by atoms with E-state index in [4.69, 9.17) is 10.9 Å². The minimum atomic E-state index is 0.0957. The largest absolute Gasteiger partial charge is 0.409 e. The number of aromatic nitrogens is 1. The number of hydrogen-bond donors (Lipinski definition) is 2. The Morgan fingerprint density at radius 1 is 1.44 bits per heavy atom. The van der Waals surface area contributed by atoms with Crippen LogP contribution in [0.3, 0.4) is 0 Å². The van der Waals surface area contributed by atoms with E-state index in [2.05, 4.69) is 35.8 Å². The third-order valence-electron chi connectivity index (χ3n) is 3.41. The van der Waals surface area contributed by atoms with Crippen LogP contribution in [-0.4, -0.2) is 29.1 Å². The SMILES string of the molecule is Cc1ccnc(N(C)C(C)C(C)C)c1/C(N)=N/O. The summed E-state index contributed by atoms with van der Waals surface area (Å²) < 4.78 is 0. The topological polar surface area (TPSA) is 74.7 Å². The van der Waals surface area contributed by atoms with Crippen LogP contribution in [0.15, 0.2) is 17.4 Å². The van der Waals surface area contributed by atoms with Crippen molar-refractivity contribution in [3.8, 4) is 0 Å². The first-order valence-corrected chi connectivity index (χ1v) is 6.06. The van der Waals surface area contributed by atoms with E-state index >= 15 is 0 Å². The van der Waals surface area contributed by atoms with E-state index in [0.717, 1.165) is 11.4 Å². The molecule has 18 heavy (non-hydrogen) atoms. The summed E-state index contributed by atoms with van der Waals surface area (Å²) in [4.78, 5) is 6.43. The second kappa shape index (κ2) is 5.71. The minimum Gasteiger partial charge on any atom is -0.409 e. The number of oxime groups is 1. The van der Waals surface area contributed by atoms with Crippen molar-refractivity contribution in [3.05, 3.63) is 23.4 Å². The maximum absolute atomic E-state index is 8.88. The van der Waals surface area contributed by atoms with Crippen LogP contribution in [0, 0.1) is 12.8 Å².